The lowest BCUT2D eigenvalue weighted by Crippen LogP contribution is -2.24. The molecule has 4 rings (SSSR count). The fourth-order valence-corrected chi connectivity index (χ4v) is 3.75. The number of hydrogen-bond acceptors (Lipinski definition) is 4. The summed E-state index contributed by atoms with van der Waals surface area (Å²) in [5.74, 6) is 1.74. The van der Waals surface area contributed by atoms with Crippen LogP contribution in [0.3, 0.4) is 0 Å². The molecule has 0 saturated carbocycles. The Balaban J connectivity index is 1.67. The van der Waals surface area contributed by atoms with E-state index in [2.05, 4.69) is 31.2 Å². The van der Waals surface area contributed by atoms with Crippen LogP contribution in [0.25, 0.3) is 10.9 Å². The lowest BCUT2D eigenvalue weighted by atomic mass is 10.1. The number of aryl methyl sites for hydroxylation is 2. The van der Waals surface area contributed by atoms with Gasteiger partial charge in [-0.1, -0.05) is 17.7 Å². The van der Waals surface area contributed by atoms with Crippen molar-refractivity contribution in [1.82, 2.24) is 29.9 Å². The first kappa shape index (κ1) is 14.7. The van der Waals surface area contributed by atoms with Gasteiger partial charge in [0.2, 0.25) is 0 Å². The summed E-state index contributed by atoms with van der Waals surface area (Å²) in [5, 5.41) is 13.8. The number of rotatable bonds is 3. The van der Waals surface area contributed by atoms with Crippen LogP contribution in [0.15, 0.2) is 18.2 Å². The molecule has 120 valence electrons. The van der Waals surface area contributed by atoms with Crippen LogP contribution in [0.5, 0.6) is 0 Å². The number of nitrogens with one attached hydrogen (secondary N) is 1. The van der Waals surface area contributed by atoms with E-state index < -0.39 is 0 Å². The number of nitrogens with zero attached hydrogens (tertiary/aromatic N) is 5. The molecule has 3 aromatic rings. The highest BCUT2D eigenvalue weighted by atomic mass is 35.5. The van der Waals surface area contributed by atoms with E-state index in [1.54, 1.807) is 0 Å². The standard InChI is InChI=1S/C16H19ClN6/c1-10-18-16(20-19-10)14-7-4-8-23(14)9-12-15-11(17)5-3-6-13(15)22(2)21-12/h3,5-6,14H,4,7-9H2,1-2H3,(H,18,19,20). The van der Waals surface area contributed by atoms with Crippen LogP contribution in [-0.2, 0) is 13.6 Å². The summed E-state index contributed by atoms with van der Waals surface area (Å²) >= 11 is 6.42. The fraction of sp³-hybridized carbons (Fsp3) is 0.438. The zero-order chi connectivity index (χ0) is 16.0. The molecule has 1 unspecified atom stereocenters. The molecule has 2 aromatic heterocycles. The lowest BCUT2D eigenvalue weighted by Gasteiger charge is -2.21. The normalized spacial score (nSPS) is 19.0. The minimum atomic E-state index is 0.250. The smallest absolute Gasteiger partial charge is 0.167 e. The van der Waals surface area contributed by atoms with Crippen molar-refractivity contribution in [2.75, 3.05) is 6.54 Å². The second kappa shape index (κ2) is 5.62. The molecule has 1 N–H and O–H groups in total. The summed E-state index contributed by atoms with van der Waals surface area (Å²) in [5.41, 5.74) is 2.09. The zero-order valence-electron chi connectivity index (χ0n) is 13.3. The van der Waals surface area contributed by atoms with Gasteiger partial charge in [0.1, 0.15) is 5.82 Å². The Kier molecular flexibility index (Phi) is 3.58. The highest BCUT2D eigenvalue weighted by Gasteiger charge is 2.30. The number of halogens is 1. The Bertz CT molecular complexity index is 851. The second-order valence-corrected chi connectivity index (χ2v) is 6.52. The maximum atomic E-state index is 6.42. The summed E-state index contributed by atoms with van der Waals surface area (Å²) in [6, 6.07) is 6.19. The number of H-pyrrole nitrogens is 1. The van der Waals surface area contributed by atoms with E-state index in [-0.39, 0.29) is 6.04 Å². The number of benzene rings is 1. The molecule has 6 nitrogen and oxygen atoms in total. The largest absolute Gasteiger partial charge is 0.287 e. The van der Waals surface area contributed by atoms with Crippen molar-refractivity contribution in [2.24, 2.45) is 7.05 Å². The van der Waals surface area contributed by atoms with Gasteiger partial charge in [0.05, 0.1) is 22.3 Å². The Morgan fingerprint density at radius 3 is 3.04 bits per heavy atom. The van der Waals surface area contributed by atoms with Crippen molar-refractivity contribution >= 4 is 22.5 Å². The molecule has 0 radical (unpaired) electrons. The molecular weight excluding hydrogens is 312 g/mol. The first-order valence-corrected chi connectivity index (χ1v) is 8.24. The molecule has 0 spiro atoms. The molecule has 1 aliphatic heterocycles. The van der Waals surface area contributed by atoms with E-state index in [0.717, 1.165) is 59.2 Å². The zero-order valence-corrected chi connectivity index (χ0v) is 14.0. The van der Waals surface area contributed by atoms with Crippen molar-refractivity contribution in [2.45, 2.75) is 32.4 Å². The molecular formula is C16H19ClN6. The lowest BCUT2D eigenvalue weighted by molar-refractivity contribution is 0.237. The van der Waals surface area contributed by atoms with Crippen LogP contribution in [0, 0.1) is 6.92 Å². The third-order valence-corrected chi connectivity index (χ3v) is 4.84. The van der Waals surface area contributed by atoms with Gasteiger partial charge in [0, 0.05) is 19.0 Å². The summed E-state index contributed by atoms with van der Waals surface area (Å²) in [7, 11) is 1.96. The van der Waals surface area contributed by atoms with Gasteiger partial charge in [0.25, 0.3) is 0 Å². The molecule has 0 amide bonds. The average Bonchev–Trinajstić information content (AvgIpc) is 3.21. The van der Waals surface area contributed by atoms with E-state index in [9.17, 15) is 0 Å². The Labute approximate surface area is 139 Å². The summed E-state index contributed by atoms with van der Waals surface area (Å²) in [6.45, 7) is 3.72. The molecule has 1 fully saturated rings. The van der Waals surface area contributed by atoms with Crippen LogP contribution in [0.4, 0.5) is 0 Å². The van der Waals surface area contributed by atoms with Crippen molar-refractivity contribution in [1.29, 1.82) is 0 Å². The van der Waals surface area contributed by atoms with Gasteiger partial charge in [0.15, 0.2) is 5.82 Å². The van der Waals surface area contributed by atoms with Gasteiger partial charge in [-0.3, -0.25) is 14.7 Å². The van der Waals surface area contributed by atoms with E-state index >= 15 is 0 Å². The Hall–Kier alpha value is -1.92. The van der Waals surface area contributed by atoms with E-state index in [0.29, 0.717) is 0 Å². The molecule has 1 aliphatic rings. The monoisotopic (exact) mass is 330 g/mol. The topological polar surface area (TPSA) is 62.6 Å². The van der Waals surface area contributed by atoms with Gasteiger partial charge in [-0.2, -0.15) is 10.2 Å². The maximum Gasteiger partial charge on any atom is 0.167 e. The fourth-order valence-electron chi connectivity index (χ4n) is 3.47. The van der Waals surface area contributed by atoms with E-state index in [4.69, 9.17) is 11.6 Å². The minimum Gasteiger partial charge on any atom is -0.287 e. The number of aromatic nitrogens is 5. The van der Waals surface area contributed by atoms with E-state index in [1.807, 2.05) is 30.8 Å². The summed E-state index contributed by atoms with van der Waals surface area (Å²) < 4.78 is 1.90. The highest BCUT2D eigenvalue weighted by Crippen LogP contribution is 2.33. The number of likely N-dealkylation sites (tertiary alicyclic amines) is 1. The number of hydrogen-bond donors (Lipinski definition) is 1. The third-order valence-electron chi connectivity index (χ3n) is 4.53. The molecule has 3 heterocycles. The average molecular weight is 331 g/mol. The first-order valence-electron chi connectivity index (χ1n) is 7.86. The maximum absolute atomic E-state index is 6.42. The second-order valence-electron chi connectivity index (χ2n) is 6.11. The molecule has 1 aromatic carbocycles. The van der Waals surface area contributed by atoms with Crippen molar-refractivity contribution in [3.05, 3.63) is 40.6 Å². The third kappa shape index (κ3) is 2.52. The van der Waals surface area contributed by atoms with Crippen LogP contribution >= 0.6 is 11.6 Å². The van der Waals surface area contributed by atoms with Crippen LogP contribution < -0.4 is 0 Å². The highest BCUT2D eigenvalue weighted by molar-refractivity contribution is 6.35. The molecule has 0 bridgehead atoms. The summed E-state index contributed by atoms with van der Waals surface area (Å²) in [4.78, 5) is 6.91. The van der Waals surface area contributed by atoms with Gasteiger partial charge < -0.3 is 0 Å². The summed E-state index contributed by atoms with van der Waals surface area (Å²) in [6.07, 6.45) is 2.23. The Morgan fingerprint density at radius 2 is 2.26 bits per heavy atom. The van der Waals surface area contributed by atoms with Crippen LogP contribution in [0.2, 0.25) is 5.02 Å². The van der Waals surface area contributed by atoms with Gasteiger partial charge >= 0.3 is 0 Å². The Morgan fingerprint density at radius 1 is 1.39 bits per heavy atom. The van der Waals surface area contributed by atoms with Gasteiger partial charge in [-0.15, -0.1) is 0 Å². The van der Waals surface area contributed by atoms with Crippen molar-refractivity contribution in [3.8, 4) is 0 Å². The quantitative estimate of drug-likeness (QED) is 0.802. The predicted molar refractivity (Wildman–Crippen MR) is 89.2 cm³/mol. The van der Waals surface area contributed by atoms with E-state index in [1.165, 1.54) is 0 Å². The molecule has 1 saturated heterocycles. The molecule has 0 aliphatic carbocycles. The number of fused-ring (bicyclic) bond motifs is 1. The number of aromatic amines is 1. The van der Waals surface area contributed by atoms with Crippen LogP contribution in [-0.4, -0.2) is 36.4 Å². The van der Waals surface area contributed by atoms with Crippen molar-refractivity contribution in [3.63, 3.8) is 0 Å². The van der Waals surface area contributed by atoms with Crippen molar-refractivity contribution < 1.29 is 0 Å². The van der Waals surface area contributed by atoms with Gasteiger partial charge in [-0.25, -0.2) is 4.98 Å². The molecule has 7 heteroatoms. The SMILES string of the molecule is Cc1nc(C2CCCN2Cc2nn(C)c3cccc(Cl)c23)n[nH]1. The molecule has 23 heavy (non-hydrogen) atoms. The minimum absolute atomic E-state index is 0.250. The molecule has 1 atom stereocenters. The predicted octanol–water partition coefficient (Wildman–Crippen LogP) is 2.99. The van der Waals surface area contributed by atoms with Gasteiger partial charge in [-0.05, 0) is 38.4 Å². The van der Waals surface area contributed by atoms with Crippen LogP contribution in [0.1, 0.15) is 36.2 Å². The first-order chi connectivity index (χ1) is 11.1.